The Balaban J connectivity index is 0.000000319. The standard InChI is InChI=1S/C4F8.C2H4O/c5-1(6)2(7,8)4(11,12)3(1,9)10;1-2-3-1/h;1-2H2. The Hall–Kier alpha value is -0.600. The number of alkyl halides is 8. The summed E-state index contributed by atoms with van der Waals surface area (Å²) in [6.07, 6.45) is 0. The van der Waals surface area contributed by atoms with Crippen LogP contribution in [0.25, 0.3) is 0 Å². The molecule has 0 spiro atoms. The number of halogens is 8. The molecule has 1 saturated carbocycles. The zero-order valence-corrected chi connectivity index (χ0v) is 6.85. The van der Waals surface area contributed by atoms with E-state index in [4.69, 9.17) is 0 Å². The molecule has 2 fully saturated rings. The summed E-state index contributed by atoms with van der Waals surface area (Å²) in [6, 6.07) is 0. The molecule has 1 saturated heterocycles. The van der Waals surface area contributed by atoms with Gasteiger partial charge in [0.25, 0.3) is 0 Å². The van der Waals surface area contributed by atoms with Crippen molar-refractivity contribution in [1.82, 2.24) is 0 Å². The molecular formula is C6H4F8O. The Morgan fingerprint density at radius 1 is 0.533 bits per heavy atom. The molecule has 0 N–H and O–H groups in total. The second-order valence-electron chi connectivity index (χ2n) is 2.91. The fraction of sp³-hybridized carbons (Fsp3) is 1.00. The van der Waals surface area contributed by atoms with Gasteiger partial charge in [0, 0.05) is 0 Å². The molecule has 0 bridgehead atoms. The highest BCUT2D eigenvalue weighted by Crippen LogP contribution is 2.69. The highest BCUT2D eigenvalue weighted by molar-refractivity contribution is 5.22. The van der Waals surface area contributed by atoms with E-state index >= 15 is 0 Å². The largest absolute Gasteiger partial charge is 0.385 e. The second-order valence-corrected chi connectivity index (χ2v) is 2.91. The molecule has 0 unspecified atom stereocenters. The first-order valence-electron chi connectivity index (χ1n) is 3.59. The Bertz CT molecular complexity index is 191. The van der Waals surface area contributed by atoms with Crippen molar-refractivity contribution in [1.29, 1.82) is 0 Å². The minimum Gasteiger partial charge on any atom is -0.377 e. The van der Waals surface area contributed by atoms with Crippen molar-refractivity contribution in [3.05, 3.63) is 0 Å². The second kappa shape index (κ2) is 2.96. The van der Waals surface area contributed by atoms with Crippen molar-refractivity contribution < 1.29 is 39.9 Å². The number of hydrogen-bond donors (Lipinski definition) is 0. The Labute approximate surface area is 78.0 Å². The molecule has 1 aliphatic heterocycles. The van der Waals surface area contributed by atoms with Gasteiger partial charge in [-0.05, 0) is 0 Å². The fourth-order valence-electron chi connectivity index (χ4n) is 0.726. The van der Waals surface area contributed by atoms with Crippen molar-refractivity contribution >= 4 is 0 Å². The SMILES string of the molecule is C1CO1.FC1(F)C(F)(F)C(F)(F)C1(F)F. The number of ether oxygens (including phenoxy) is 1. The van der Waals surface area contributed by atoms with Gasteiger partial charge in [-0.3, -0.25) is 0 Å². The van der Waals surface area contributed by atoms with Crippen LogP contribution in [0.2, 0.25) is 0 Å². The van der Waals surface area contributed by atoms with Gasteiger partial charge in [0.05, 0.1) is 13.2 Å². The van der Waals surface area contributed by atoms with E-state index in [0.717, 1.165) is 13.2 Å². The summed E-state index contributed by atoms with van der Waals surface area (Å²) in [5, 5.41) is 0. The molecule has 0 aromatic heterocycles. The molecule has 15 heavy (non-hydrogen) atoms. The minimum absolute atomic E-state index is 1.00. The zero-order chi connectivity index (χ0) is 12.1. The van der Waals surface area contributed by atoms with E-state index in [2.05, 4.69) is 4.74 Å². The van der Waals surface area contributed by atoms with Crippen LogP contribution in [0.15, 0.2) is 0 Å². The van der Waals surface area contributed by atoms with Crippen molar-refractivity contribution in [3.63, 3.8) is 0 Å². The van der Waals surface area contributed by atoms with Crippen LogP contribution in [0, 0.1) is 0 Å². The topological polar surface area (TPSA) is 12.5 Å². The highest BCUT2D eigenvalue weighted by atomic mass is 19.4. The van der Waals surface area contributed by atoms with Gasteiger partial charge in [0.2, 0.25) is 0 Å². The van der Waals surface area contributed by atoms with E-state index in [-0.39, 0.29) is 0 Å². The molecular weight excluding hydrogens is 240 g/mol. The fourth-order valence-corrected chi connectivity index (χ4v) is 0.726. The van der Waals surface area contributed by atoms with Gasteiger partial charge in [-0.15, -0.1) is 0 Å². The van der Waals surface area contributed by atoms with Gasteiger partial charge in [0.1, 0.15) is 0 Å². The van der Waals surface area contributed by atoms with Crippen molar-refractivity contribution in [3.8, 4) is 0 Å². The summed E-state index contributed by atoms with van der Waals surface area (Å²) in [4.78, 5) is 0. The van der Waals surface area contributed by atoms with Gasteiger partial charge >= 0.3 is 23.7 Å². The van der Waals surface area contributed by atoms with E-state index in [1.807, 2.05) is 0 Å². The molecule has 0 aromatic carbocycles. The average molecular weight is 244 g/mol. The average Bonchev–Trinajstić information content (AvgIpc) is 2.87. The summed E-state index contributed by atoms with van der Waals surface area (Å²) in [7, 11) is 0. The Morgan fingerprint density at radius 2 is 0.667 bits per heavy atom. The normalized spacial score (nSPS) is 32.0. The van der Waals surface area contributed by atoms with Crippen LogP contribution in [-0.4, -0.2) is 36.9 Å². The van der Waals surface area contributed by atoms with Crippen LogP contribution in [-0.2, 0) is 4.74 Å². The maximum absolute atomic E-state index is 11.6. The lowest BCUT2D eigenvalue weighted by molar-refractivity contribution is -0.506. The molecule has 2 aliphatic rings. The maximum atomic E-state index is 11.6. The van der Waals surface area contributed by atoms with Crippen LogP contribution in [0.1, 0.15) is 0 Å². The lowest BCUT2D eigenvalue weighted by Crippen LogP contribution is -2.82. The number of epoxide rings is 1. The van der Waals surface area contributed by atoms with Crippen LogP contribution < -0.4 is 0 Å². The van der Waals surface area contributed by atoms with Gasteiger partial charge in [-0.1, -0.05) is 0 Å². The first-order valence-corrected chi connectivity index (χ1v) is 3.59. The molecule has 0 aromatic rings. The summed E-state index contributed by atoms with van der Waals surface area (Å²) >= 11 is 0. The third-order valence-electron chi connectivity index (χ3n) is 1.78. The van der Waals surface area contributed by atoms with Crippen molar-refractivity contribution in [2.75, 3.05) is 13.2 Å². The van der Waals surface area contributed by atoms with E-state index in [1.165, 1.54) is 0 Å². The maximum Gasteiger partial charge on any atom is 0.385 e. The van der Waals surface area contributed by atoms with E-state index < -0.39 is 23.7 Å². The molecule has 9 heteroatoms. The van der Waals surface area contributed by atoms with Crippen molar-refractivity contribution in [2.45, 2.75) is 23.7 Å². The minimum atomic E-state index is -5.97. The van der Waals surface area contributed by atoms with E-state index in [1.54, 1.807) is 0 Å². The lowest BCUT2D eigenvalue weighted by Gasteiger charge is -2.49. The molecule has 0 radical (unpaired) electrons. The molecule has 2 rings (SSSR count). The Kier molecular flexibility index (Phi) is 2.46. The van der Waals surface area contributed by atoms with E-state index in [0.29, 0.717) is 0 Å². The zero-order valence-electron chi connectivity index (χ0n) is 6.85. The predicted octanol–water partition coefficient (Wildman–Crippen LogP) is 2.56. The van der Waals surface area contributed by atoms with Crippen LogP contribution in [0.3, 0.4) is 0 Å². The lowest BCUT2D eigenvalue weighted by atomic mass is 9.80. The quantitative estimate of drug-likeness (QED) is 0.471. The summed E-state index contributed by atoms with van der Waals surface area (Å²) in [5.41, 5.74) is 0. The molecule has 1 heterocycles. The number of hydrogen-bond acceptors (Lipinski definition) is 1. The molecule has 1 aliphatic carbocycles. The van der Waals surface area contributed by atoms with Crippen LogP contribution in [0.5, 0.6) is 0 Å². The van der Waals surface area contributed by atoms with Crippen LogP contribution in [0.4, 0.5) is 35.1 Å². The smallest absolute Gasteiger partial charge is 0.377 e. The predicted molar refractivity (Wildman–Crippen MR) is 30.6 cm³/mol. The highest BCUT2D eigenvalue weighted by Gasteiger charge is 3.01. The van der Waals surface area contributed by atoms with Crippen LogP contribution >= 0.6 is 0 Å². The summed E-state index contributed by atoms with van der Waals surface area (Å²) in [6.45, 7) is 2.00. The van der Waals surface area contributed by atoms with Gasteiger partial charge < -0.3 is 4.74 Å². The first-order chi connectivity index (χ1) is 6.50. The van der Waals surface area contributed by atoms with Gasteiger partial charge in [-0.25, -0.2) is 0 Å². The summed E-state index contributed by atoms with van der Waals surface area (Å²) < 4.78 is 97.4. The molecule has 0 atom stereocenters. The monoisotopic (exact) mass is 244 g/mol. The van der Waals surface area contributed by atoms with Gasteiger partial charge in [0.15, 0.2) is 0 Å². The molecule has 90 valence electrons. The third-order valence-corrected chi connectivity index (χ3v) is 1.78. The molecule has 0 amide bonds. The van der Waals surface area contributed by atoms with Crippen molar-refractivity contribution in [2.24, 2.45) is 0 Å². The van der Waals surface area contributed by atoms with E-state index in [9.17, 15) is 35.1 Å². The number of rotatable bonds is 0. The first kappa shape index (κ1) is 12.5. The summed E-state index contributed by atoms with van der Waals surface area (Å²) in [5.74, 6) is -23.9. The Morgan fingerprint density at radius 3 is 0.733 bits per heavy atom. The van der Waals surface area contributed by atoms with Gasteiger partial charge in [-0.2, -0.15) is 35.1 Å². The third kappa shape index (κ3) is 1.31. The molecule has 1 nitrogen and oxygen atoms in total.